The fourth-order valence-electron chi connectivity index (χ4n) is 3.09. The summed E-state index contributed by atoms with van der Waals surface area (Å²) in [4.78, 5) is 53.1. The van der Waals surface area contributed by atoms with E-state index in [4.69, 9.17) is 10.2 Å². The highest BCUT2D eigenvalue weighted by molar-refractivity contribution is 5.94. The van der Waals surface area contributed by atoms with Gasteiger partial charge in [-0.3, -0.25) is 24.6 Å². The molecule has 0 saturated heterocycles. The van der Waals surface area contributed by atoms with Gasteiger partial charge in [0, 0.05) is 24.2 Å². The van der Waals surface area contributed by atoms with Crippen molar-refractivity contribution in [1.29, 1.82) is 0 Å². The molecule has 3 aromatic rings. The topological polar surface area (TPSA) is 174 Å². The van der Waals surface area contributed by atoms with E-state index in [9.17, 15) is 19.2 Å². The molecule has 0 bridgehead atoms. The third-order valence-corrected chi connectivity index (χ3v) is 4.84. The van der Waals surface area contributed by atoms with Gasteiger partial charge in [-0.05, 0) is 49.2 Å². The van der Waals surface area contributed by atoms with Crippen molar-refractivity contribution in [2.75, 3.05) is 5.32 Å². The zero-order chi connectivity index (χ0) is 24.0. The molecule has 0 unspecified atom stereocenters. The zero-order valence-electron chi connectivity index (χ0n) is 17.7. The summed E-state index contributed by atoms with van der Waals surface area (Å²) in [7, 11) is 0. The second kappa shape index (κ2) is 10.4. The Bertz CT molecular complexity index is 1240. The van der Waals surface area contributed by atoms with Crippen LogP contribution in [0.1, 0.15) is 34.6 Å². The lowest BCUT2D eigenvalue weighted by Gasteiger charge is -2.14. The monoisotopic (exact) mass is 453 g/mol. The van der Waals surface area contributed by atoms with E-state index >= 15 is 0 Å². The Labute approximate surface area is 187 Å². The summed E-state index contributed by atoms with van der Waals surface area (Å²) in [5.41, 5.74) is 6.95. The van der Waals surface area contributed by atoms with Gasteiger partial charge < -0.3 is 20.5 Å². The molecule has 1 heterocycles. The number of hydrogen-bond acceptors (Lipinski definition) is 7. The maximum absolute atomic E-state index is 12.2. The Kier molecular flexibility index (Phi) is 7.36. The SMILES string of the molecule is Cc1nc2ccc(NCc3ccc(C(=O)NN[C@@H](CCC(=O)O)C(=O)O)cc3)cc2c(=O)[nH]1. The average Bonchev–Trinajstić information content (AvgIpc) is 2.77. The molecule has 172 valence electrons. The van der Waals surface area contributed by atoms with Crippen LogP contribution in [0.2, 0.25) is 0 Å². The van der Waals surface area contributed by atoms with E-state index in [1.165, 1.54) is 0 Å². The number of carbonyl (C=O) groups is 3. The summed E-state index contributed by atoms with van der Waals surface area (Å²) in [5, 5.41) is 21.5. The number of fused-ring (bicyclic) bond motifs is 1. The number of nitrogens with one attached hydrogen (secondary N) is 4. The molecule has 11 nitrogen and oxygen atoms in total. The number of anilines is 1. The van der Waals surface area contributed by atoms with Gasteiger partial charge in [-0.2, -0.15) is 0 Å². The third kappa shape index (κ3) is 6.37. The number of hydrogen-bond donors (Lipinski definition) is 6. The lowest BCUT2D eigenvalue weighted by Crippen LogP contribution is -2.48. The van der Waals surface area contributed by atoms with Crippen molar-refractivity contribution in [2.24, 2.45) is 0 Å². The molecule has 0 aliphatic rings. The molecule has 2 aromatic carbocycles. The van der Waals surface area contributed by atoms with E-state index in [0.29, 0.717) is 28.8 Å². The molecule has 1 aromatic heterocycles. The van der Waals surface area contributed by atoms with Crippen molar-refractivity contribution in [3.05, 3.63) is 69.8 Å². The minimum Gasteiger partial charge on any atom is -0.481 e. The number of benzene rings is 2. The first-order valence-corrected chi connectivity index (χ1v) is 10.1. The Balaban J connectivity index is 1.57. The van der Waals surface area contributed by atoms with Gasteiger partial charge in [0.25, 0.3) is 11.5 Å². The molecular formula is C22H23N5O6. The predicted molar refractivity (Wildman–Crippen MR) is 120 cm³/mol. The van der Waals surface area contributed by atoms with Crippen LogP contribution in [-0.2, 0) is 16.1 Å². The summed E-state index contributed by atoms with van der Waals surface area (Å²) in [6, 6.07) is 10.7. The second-order valence-corrected chi connectivity index (χ2v) is 7.36. The molecule has 3 rings (SSSR count). The molecule has 33 heavy (non-hydrogen) atoms. The van der Waals surface area contributed by atoms with Crippen LogP contribution in [0.3, 0.4) is 0 Å². The van der Waals surface area contributed by atoms with Crippen LogP contribution in [0, 0.1) is 6.92 Å². The summed E-state index contributed by atoms with van der Waals surface area (Å²) in [6.45, 7) is 2.16. The van der Waals surface area contributed by atoms with E-state index in [2.05, 4.69) is 26.1 Å². The maximum Gasteiger partial charge on any atom is 0.322 e. The summed E-state index contributed by atoms with van der Waals surface area (Å²) in [5.74, 6) is -2.39. The van der Waals surface area contributed by atoms with Crippen LogP contribution in [0.15, 0.2) is 47.3 Å². The fourth-order valence-corrected chi connectivity index (χ4v) is 3.09. The molecule has 0 aliphatic heterocycles. The first kappa shape index (κ1) is 23.4. The fraction of sp³-hybridized carbons (Fsp3) is 0.227. The van der Waals surface area contributed by atoms with Crippen LogP contribution in [0.4, 0.5) is 5.69 Å². The highest BCUT2D eigenvalue weighted by atomic mass is 16.4. The predicted octanol–water partition coefficient (Wildman–Crippen LogP) is 1.40. The molecule has 6 N–H and O–H groups in total. The number of carboxylic acid groups (broad SMARTS) is 2. The Hall–Kier alpha value is -4.25. The highest BCUT2D eigenvalue weighted by Gasteiger charge is 2.19. The van der Waals surface area contributed by atoms with Gasteiger partial charge in [0.05, 0.1) is 10.9 Å². The van der Waals surface area contributed by atoms with Crippen molar-refractivity contribution in [3.63, 3.8) is 0 Å². The molecule has 1 amide bonds. The van der Waals surface area contributed by atoms with Gasteiger partial charge in [-0.25, -0.2) is 10.4 Å². The van der Waals surface area contributed by atoms with Crippen molar-refractivity contribution in [1.82, 2.24) is 20.8 Å². The normalized spacial score (nSPS) is 11.7. The Morgan fingerprint density at radius 3 is 2.48 bits per heavy atom. The number of rotatable bonds is 10. The number of carbonyl (C=O) groups excluding carboxylic acids is 1. The Morgan fingerprint density at radius 2 is 1.82 bits per heavy atom. The average molecular weight is 453 g/mol. The lowest BCUT2D eigenvalue weighted by atomic mass is 10.1. The minimum absolute atomic E-state index is 0.175. The second-order valence-electron chi connectivity index (χ2n) is 7.36. The van der Waals surface area contributed by atoms with Crippen LogP contribution in [0.5, 0.6) is 0 Å². The number of H-pyrrole nitrogens is 1. The van der Waals surface area contributed by atoms with Gasteiger partial charge in [-0.1, -0.05) is 12.1 Å². The van der Waals surface area contributed by atoms with Crippen molar-refractivity contribution in [2.45, 2.75) is 32.4 Å². The Morgan fingerprint density at radius 1 is 1.09 bits per heavy atom. The summed E-state index contributed by atoms with van der Waals surface area (Å²) >= 11 is 0. The first-order chi connectivity index (χ1) is 15.7. The van der Waals surface area contributed by atoms with E-state index in [-0.39, 0.29) is 18.4 Å². The molecule has 0 aliphatic carbocycles. The van der Waals surface area contributed by atoms with Crippen LogP contribution < -0.4 is 21.7 Å². The van der Waals surface area contributed by atoms with Crippen molar-refractivity contribution < 1.29 is 24.6 Å². The lowest BCUT2D eigenvalue weighted by molar-refractivity contribution is -0.140. The van der Waals surface area contributed by atoms with E-state index in [0.717, 1.165) is 11.3 Å². The summed E-state index contributed by atoms with van der Waals surface area (Å²) in [6.07, 6.45) is -0.519. The molecular weight excluding hydrogens is 430 g/mol. The number of aryl methyl sites for hydroxylation is 1. The molecule has 0 saturated carbocycles. The van der Waals surface area contributed by atoms with Gasteiger partial charge in [0.15, 0.2) is 0 Å². The number of amides is 1. The van der Waals surface area contributed by atoms with Crippen LogP contribution in [-0.4, -0.2) is 44.1 Å². The number of aliphatic carboxylic acids is 2. The number of hydrazine groups is 1. The van der Waals surface area contributed by atoms with E-state index < -0.39 is 23.9 Å². The van der Waals surface area contributed by atoms with Crippen molar-refractivity contribution >= 4 is 34.4 Å². The van der Waals surface area contributed by atoms with Gasteiger partial charge >= 0.3 is 11.9 Å². The van der Waals surface area contributed by atoms with Crippen LogP contribution >= 0.6 is 0 Å². The third-order valence-electron chi connectivity index (χ3n) is 4.84. The minimum atomic E-state index is -1.26. The first-order valence-electron chi connectivity index (χ1n) is 10.1. The number of nitrogens with zero attached hydrogens (tertiary/aromatic N) is 1. The summed E-state index contributed by atoms with van der Waals surface area (Å²) < 4.78 is 0. The van der Waals surface area contributed by atoms with Crippen LogP contribution in [0.25, 0.3) is 10.9 Å². The number of carboxylic acids is 2. The smallest absolute Gasteiger partial charge is 0.322 e. The van der Waals surface area contributed by atoms with Gasteiger partial charge in [0.1, 0.15) is 11.9 Å². The highest BCUT2D eigenvalue weighted by Crippen LogP contribution is 2.16. The standard InChI is InChI=1S/C22H23N5O6/c1-12-24-17-7-6-15(10-16(17)21(31)25-12)23-11-13-2-4-14(5-3-13)20(30)27-26-18(22(32)33)8-9-19(28)29/h2-7,10,18,23,26H,8-9,11H2,1H3,(H,27,30)(H,28,29)(H,32,33)(H,24,25,31)/t18-/m0/s1. The molecule has 1 atom stereocenters. The largest absolute Gasteiger partial charge is 0.481 e. The molecule has 0 spiro atoms. The maximum atomic E-state index is 12.2. The number of aromatic amines is 1. The van der Waals surface area contributed by atoms with Gasteiger partial charge in [-0.15, -0.1) is 0 Å². The van der Waals surface area contributed by atoms with Gasteiger partial charge in [0.2, 0.25) is 0 Å². The van der Waals surface area contributed by atoms with E-state index in [1.807, 2.05) is 6.07 Å². The quantitative estimate of drug-likeness (QED) is 0.248. The number of aromatic nitrogens is 2. The molecule has 0 radical (unpaired) electrons. The molecule has 11 heteroatoms. The molecule has 0 fully saturated rings. The van der Waals surface area contributed by atoms with E-state index in [1.54, 1.807) is 43.3 Å². The van der Waals surface area contributed by atoms with Crippen molar-refractivity contribution in [3.8, 4) is 0 Å². The zero-order valence-corrected chi connectivity index (χ0v) is 17.7.